The fourth-order valence-corrected chi connectivity index (χ4v) is 12.0. The average molecular weight is 987 g/mol. The first-order chi connectivity index (χ1) is 38.2. The molecule has 14 aromatic rings. The molecule has 4 heteroatoms. The second kappa shape index (κ2) is 19.2. The molecule has 1 aliphatic carbocycles. The third-order valence-corrected chi connectivity index (χ3v) is 15.5. The zero-order chi connectivity index (χ0) is 51.4. The van der Waals surface area contributed by atoms with Gasteiger partial charge in [-0.3, -0.25) is 0 Å². The Hall–Kier alpha value is -9.77. The molecule has 0 saturated carbocycles. The van der Waals surface area contributed by atoms with Gasteiger partial charge in [0.15, 0.2) is 0 Å². The Bertz CT molecular complexity index is 4480. The molecule has 0 unspecified atom stereocenters. The van der Waals surface area contributed by atoms with Gasteiger partial charge in [-0.25, -0.2) is 4.98 Å². The standard InChI is InChI=1S/C71H48N4.C2H6/c1-2-18-47(19-3-1)48-36-38-49(39-37-48)54-44-64(72-65(45-54)52-22-17-23-55(41-52)73-66-30-10-4-24-58(66)59-25-5-11-31-67(59)73)51-21-16-20-50(40-51)53-42-56(74-68-32-12-6-26-60(68)61-27-7-13-33-69(61)74)46-57(43-53)75-70-34-14-8-28-62(70)63-29-9-15-35-71(63)75;1-2/h1-14,16-34,36-46H,15,35H2;1-2H3. The van der Waals surface area contributed by atoms with E-state index in [-0.39, 0.29) is 0 Å². The highest BCUT2D eigenvalue weighted by molar-refractivity contribution is 6.10. The number of benzene rings is 10. The normalized spacial score (nSPS) is 12.1. The molecular weight excluding hydrogens is 933 g/mol. The predicted molar refractivity (Wildman–Crippen MR) is 326 cm³/mol. The number of aromatic nitrogens is 4. The number of hydrogen-bond acceptors (Lipinski definition) is 1. The van der Waals surface area contributed by atoms with Crippen molar-refractivity contribution >= 4 is 60.6 Å². The zero-order valence-corrected chi connectivity index (χ0v) is 43.1. The molecule has 0 amide bonds. The molecule has 0 radical (unpaired) electrons. The maximum Gasteiger partial charge on any atom is 0.0716 e. The van der Waals surface area contributed by atoms with Gasteiger partial charge in [0.05, 0.1) is 39.0 Å². The van der Waals surface area contributed by atoms with E-state index in [4.69, 9.17) is 4.98 Å². The minimum atomic E-state index is 0.912. The Kier molecular flexibility index (Phi) is 11.4. The van der Waals surface area contributed by atoms with Crippen LogP contribution in [0.4, 0.5) is 0 Å². The number of para-hydroxylation sites is 5. The van der Waals surface area contributed by atoms with Crippen LogP contribution in [0.2, 0.25) is 0 Å². The van der Waals surface area contributed by atoms with Gasteiger partial charge in [0, 0.05) is 66.4 Å². The van der Waals surface area contributed by atoms with Gasteiger partial charge in [-0.2, -0.15) is 0 Å². The number of fused-ring (bicyclic) bond motifs is 9. The molecule has 4 aromatic heterocycles. The lowest BCUT2D eigenvalue weighted by atomic mass is 9.96. The highest BCUT2D eigenvalue weighted by Gasteiger charge is 2.22. The van der Waals surface area contributed by atoms with E-state index in [9.17, 15) is 0 Å². The summed E-state index contributed by atoms with van der Waals surface area (Å²) in [4.78, 5) is 5.59. The van der Waals surface area contributed by atoms with Crippen LogP contribution in [0.15, 0.2) is 261 Å². The van der Waals surface area contributed by atoms with Crippen molar-refractivity contribution in [2.45, 2.75) is 26.7 Å². The number of rotatable bonds is 8. The fourth-order valence-electron chi connectivity index (χ4n) is 12.0. The molecule has 0 atom stereocenters. The van der Waals surface area contributed by atoms with E-state index in [2.05, 4.69) is 281 Å². The molecule has 0 spiro atoms. The van der Waals surface area contributed by atoms with E-state index in [0.29, 0.717) is 0 Å². The maximum atomic E-state index is 5.59. The van der Waals surface area contributed by atoms with E-state index >= 15 is 0 Å². The van der Waals surface area contributed by atoms with Crippen LogP contribution in [0.1, 0.15) is 31.5 Å². The lowest BCUT2D eigenvalue weighted by Crippen LogP contribution is -2.05. The average Bonchev–Trinajstić information content (AvgIpc) is 4.26. The third-order valence-electron chi connectivity index (χ3n) is 15.5. The molecule has 366 valence electrons. The molecule has 0 aliphatic heterocycles. The minimum Gasteiger partial charge on any atom is -0.313 e. The highest BCUT2D eigenvalue weighted by Crippen LogP contribution is 2.41. The number of allylic oxidation sites excluding steroid dienone is 1. The van der Waals surface area contributed by atoms with Crippen molar-refractivity contribution in [1.82, 2.24) is 18.7 Å². The van der Waals surface area contributed by atoms with Crippen molar-refractivity contribution in [3.63, 3.8) is 0 Å². The van der Waals surface area contributed by atoms with Gasteiger partial charge in [-0.05, 0) is 125 Å². The quantitative estimate of drug-likeness (QED) is 0.149. The molecular formula is C73H54N4. The molecule has 0 saturated heterocycles. The van der Waals surface area contributed by atoms with Gasteiger partial charge in [0.25, 0.3) is 0 Å². The Morgan fingerprint density at radius 1 is 0.299 bits per heavy atom. The van der Waals surface area contributed by atoms with Crippen LogP contribution in [-0.2, 0) is 6.42 Å². The van der Waals surface area contributed by atoms with Gasteiger partial charge in [0.1, 0.15) is 0 Å². The van der Waals surface area contributed by atoms with Crippen molar-refractivity contribution < 1.29 is 0 Å². The van der Waals surface area contributed by atoms with Gasteiger partial charge in [-0.15, -0.1) is 0 Å². The lowest BCUT2D eigenvalue weighted by Gasteiger charge is -2.18. The zero-order valence-electron chi connectivity index (χ0n) is 43.1. The molecule has 0 bridgehead atoms. The summed E-state index contributed by atoms with van der Waals surface area (Å²) >= 11 is 0. The van der Waals surface area contributed by atoms with Crippen molar-refractivity contribution in [2.75, 3.05) is 0 Å². The smallest absolute Gasteiger partial charge is 0.0716 e. The van der Waals surface area contributed by atoms with Crippen LogP contribution in [0.25, 0.3) is 134 Å². The summed E-state index contributed by atoms with van der Waals surface area (Å²) in [6, 6.07) is 93.0. The molecule has 4 nitrogen and oxygen atoms in total. The van der Waals surface area contributed by atoms with Gasteiger partial charge >= 0.3 is 0 Å². The molecule has 0 N–H and O–H groups in total. The summed E-state index contributed by atoms with van der Waals surface area (Å²) in [6.07, 6.45) is 6.64. The second-order valence-electron chi connectivity index (χ2n) is 19.8. The summed E-state index contributed by atoms with van der Waals surface area (Å²) in [5.74, 6) is 0. The van der Waals surface area contributed by atoms with E-state index in [1.807, 2.05) is 13.8 Å². The molecule has 0 fully saturated rings. The Morgan fingerprint density at radius 3 is 1.29 bits per heavy atom. The monoisotopic (exact) mass is 986 g/mol. The highest BCUT2D eigenvalue weighted by atomic mass is 15.0. The molecule has 1 aliphatic rings. The van der Waals surface area contributed by atoms with E-state index < -0.39 is 0 Å². The van der Waals surface area contributed by atoms with E-state index in [1.54, 1.807) is 0 Å². The summed E-state index contributed by atoms with van der Waals surface area (Å²) in [6.45, 7) is 4.00. The number of pyridine rings is 1. The summed E-state index contributed by atoms with van der Waals surface area (Å²) < 4.78 is 7.36. The van der Waals surface area contributed by atoms with Crippen molar-refractivity contribution in [3.05, 3.63) is 272 Å². The van der Waals surface area contributed by atoms with Crippen LogP contribution in [-0.4, -0.2) is 18.7 Å². The van der Waals surface area contributed by atoms with Crippen LogP contribution < -0.4 is 0 Å². The summed E-state index contributed by atoms with van der Waals surface area (Å²) in [5.41, 5.74) is 22.8. The first kappa shape index (κ1) is 45.8. The van der Waals surface area contributed by atoms with Gasteiger partial charge < -0.3 is 13.7 Å². The SMILES string of the molecule is C1=Cc2c(n(-c3cc(-c4cccc(-c5cc(-c6ccc(-c7ccccc7)cc6)cc(-c6cccc(-n7c8ccccc8c8ccccc87)c6)n5)c4)cc(-n4c5ccccc5c5ccccc54)c3)c3ccccc23)CC1.CC. The first-order valence-electron chi connectivity index (χ1n) is 27.0. The van der Waals surface area contributed by atoms with Gasteiger partial charge in [-0.1, -0.05) is 202 Å². The predicted octanol–water partition coefficient (Wildman–Crippen LogP) is 19.5. The molecule has 10 aromatic carbocycles. The largest absolute Gasteiger partial charge is 0.313 e. The van der Waals surface area contributed by atoms with Crippen LogP contribution in [0.5, 0.6) is 0 Å². The topological polar surface area (TPSA) is 27.7 Å². The van der Waals surface area contributed by atoms with Crippen LogP contribution in [0, 0.1) is 0 Å². The lowest BCUT2D eigenvalue weighted by molar-refractivity contribution is 0.888. The van der Waals surface area contributed by atoms with Crippen molar-refractivity contribution in [1.29, 1.82) is 0 Å². The molecule has 4 heterocycles. The fraction of sp³-hybridized carbons (Fsp3) is 0.0548. The summed E-state index contributed by atoms with van der Waals surface area (Å²) in [7, 11) is 0. The van der Waals surface area contributed by atoms with Crippen molar-refractivity contribution in [3.8, 4) is 73.0 Å². The molecule has 77 heavy (non-hydrogen) atoms. The van der Waals surface area contributed by atoms with Crippen LogP contribution in [0.3, 0.4) is 0 Å². The van der Waals surface area contributed by atoms with Crippen LogP contribution >= 0.6 is 0 Å². The number of hydrogen-bond donors (Lipinski definition) is 0. The summed E-state index contributed by atoms with van der Waals surface area (Å²) in [5, 5.41) is 6.25. The van der Waals surface area contributed by atoms with Gasteiger partial charge in [0.2, 0.25) is 0 Å². The Balaban J connectivity index is 0.00000267. The van der Waals surface area contributed by atoms with E-state index in [1.165, 1.54) is 76.9 Å². The Labute approximate surface area is 448 Å². The first-order valence-corrected chi connectivity index (χ1v) is 27.0. The van der Waals surface area contributed by atoms with Crippen molar-refractivity contribution in [2.24, 2.45) is 0 Å². The maximum absolute atomic E-state index is 5.59. The minimum absolute atomic E-state index is 0.912. The third kappa shape index (κ3) is 7.88. The number of nitrogens with zero attached hydrogens (tertiary/aromatic N) is 4. The molecule has 15 rings (SSSR count). The Morgan fingerprint density at radius 2 is 0.701 bits per heavy atom. The second-order valence-corrected chi connectivity index (χ2v) is 19.8. The van der Waals surface area contributed by atoms with E-state index in [0.717, 1.165) is 74.7 Å².